The van der Waals surface area contributed by atoms with Gasteiger partial charge in [0.15, 0.2) is 0 Å². The van der Waals surface area contributed by atoms with Gasteiger partial charge in [0.05, 0.1) is 16.6 Å². The van der Waals surface area contributed by atoms with Crippen LogP contribution in [-0.4, -0.2) is 44.2 Å². The largest absolute Gasteiger partial charge is 0.417 e. The number of alkyl halides is 3. The highest BCUT2D eigenvalue weighted by Gasteiger charge is 2.38. The van der Waals surface area contributed by atoms with Gasteiger partial charge < -0.3 is 9.42 Å². The summed E-state index contributed by atoms with van der Waals surface area (Å²) < 4.78 is 46.2. The van der Waals surface area contributed by atoms with Crippen LogP contribution < -0.4 is 0 Å². The van der Waals surface area contributed by atoms with Crippen LogP contribution in [0.1, 0.15) is 72.7 Å². The third kappa shape index (κ3) is 4.03. The summed E-state index contributed by atoms with van der Waals surface area (Å²) in [7, 11) is 0. The average Bonchev–Trinajstić information content (AvgIpc) is 3.33. The number of amides is 1. The van der Waals surface area contributed by atoms with Crippen LogP contribution >= 0.6 is 0 Å². The Morgan fingerprint density at radius 2 is 2.00 bits per heavy atom. The molecule has 1 fully saturated rings. The number of carbonyl (C=O) groups excluding carboxylic acids is 1. The third-order valence-electron chi connectivity index (χ3n) is 5.61. The van der Waals surface area contributed by atoms with Crippen molar-refractivity contribution in [2.45, 2.75) is 58.0 Å². The van der Waals surface area contributed by atoms with Gasteiger partial charge in [-0.1, -0.05) is 25.9 Å². The number of nitrogens with zero attached hydrogens (tertiary/aromatic N) is 4. The minimum Gasteiger partial charge on any atom is -0.337 e. The zero-order valence-electron chi connectivity index (χ0n) is 17.8. The third-order valence-corrected chi connectivity index (χ3v) is 5.61. The standard InChI is InChI=1S/C21H24F3N5O2/c1-11-8-13(21(22,23)24)16-17(28-31-18(16)25-11)12-6-5-7-29(10-12)19(30)14-9-15(27-26-14)20(2,3)4/h8-9,12H,5-7,10H2,1-4H3,(H,26,27)/t12-/m0/s1. The van der Waals surface area contributed by atoms with E-state index in [1.807, 2.05) is 20.8 Å². The summed E-state index contributed by atoms with van der Waals surface area (Å²) in [5.74, 6) is -0.639. The number of rotatable bonds is 2. The fourth-order valence-corrected chi connectivity index (χ4v) is 3.96. The minimum absolute atomic E-state index is 0.118. The molecule has 0 saturated carbocycles. The van der Waals surface area contributed by atoms with E-state index in [2.05, 4.69) is 20.3 Å². The van der Waals surface area contributed by atoms with Crippen molar-refractivity contribution in [2.24, 2.45) is 0 Å². The average molecular weight is 435 g/mol. The fraction of sp³-hybridized carbons (Fsp3) is 0.524. The van der Waals surface area contributed by atoms with Gasteiger partial charge >= 0.3 is 6.18 Å². The molecule has 4 rings (SSSR count). The number of H-pyrrole nitrogens is 1. The summed E-state index contributed by atoms with van der Waals surface area (Å²) in [5, 5.41) is 10.9. The number of piperidine rings is 1. The van der Waals surface area contributed by atoms with Crippen molar-refractivity contribution >= 4 is 17.0 Å². The van der Waals surface area contributed by atoms with E-state index >= 15 is 0 Å². The lowest BCUT2D eigenvalue weighted by molar-refractivity contribution is -0.136. The second-order valence-corrected chi connectivity index (χ2v) is 9.06. The highest BCUT2D eigenvalue weighted by molar-refractivity contribution is 5.92. The van der Waals surface area contributed by atoms with Crippen molar-refractivity contribution in [3.63, 3.8) is 0 Å². The molecule has 0 aromatic carbocycles. The zero-order chi connectivity index (χ0) is 22.6. The Balaban J connectivity index is 1.64. The number of nitrogens with one attached hydrogen (secondary N) is 1. The van der Waals surface area contributed by atoms with Crippen LogP contribution in [0.25, 0.3) is 11.1 Å². The fourth-order valence-electron chi connectivity index (χ4n) is 3.96. The Hall–Kier alpha value is -2.91. The van der Waals surface area contributed by atoms with Gasteiger partial charge in [-0.05, 0) is 31.9 Å². The zero-order valence-corrected chi connectivity index (χ0v) is 17.8. The smallest absolute Gasteiger partial charge is 0.337 e. The molecule has 10 heteroatoms. The highest BCUT2D eigenvalue weighted by atomic mass is 19.4. The molecule has 1 saturated heterocycles. The number of fused-ring (bicyclic) bond motifs is 1. The van der Waals surface area contributed by atoms with Gasteiger partial charge in [-0.25, -0.2) is 4.98 Å². The number of hydrogen-bond acceptors (Lipinski definition) is 5. The van der Waals surface area contributed by atoms with Crippen molar-refractivity contribution < 1.29 is 22.5 Å². The molecule has 1 amide bonds. The molecule has 3 aromatic rings. The number of carbonyl (C=O) groups is 1. The van der Waals surface area contributed by atoms with E-state index in [1.54, 1.807) is 11.0 Å². The van der Waals surface area contributed by atoms with Crippen molar-refractivity contribution in [1.29, 1.82) is 0 Å². The first kappa shape index (κ1) is 21.3. The Bertz CT molecular complexity index is 1130. The van der Waals surface area contributed by atoms with Crippen LogP contribution in [0.3, 0.4) is 0 Å². The quantitative estimate of drug-likeness (QED) is 0.636. The molecule has 1 N–H and O–H groups in total. The molecule has 166 valence electrons. The van der Waals surface area contributed by atoms with Crippen LogP contribution in [-0.2, 0) is 11.6 Å². The van der Waals surface area contributed by atoms with E-state index in [4.69, 9.17) is 4.52 Å². The maximum Gasteiger partial charge on any atom is 0.417 e. The Labute approximate surface area is 177 Å². The first-order valence-corrected chi connectivity index (χ1v) is 10.1. The molecule has 3 aromatic heterocycles. The number of aryl methyl sites for hydroxylation is 1. The maximum atomic E-state index is 13.7. The van der Waals surface area contributed by atoms with E-state index in [1.165, 1.54) is 6.92 Å². The van der Waals surface area contributed by atoms with Crippen molar-refractivity contribution in [1.82, 2.24) is 25.2 Å². The Morgan fingerprint density at radius 1 is 1.26 bits per heavy atom. The van der Waals surface area contributed by atoms with Crippen molar-refractivity contribution in [3.8, 4) is 0 Å². The molecular weight excluding hydrogens is 411 g/mol. The topological polar surface area (TPSA) is 87.9 Å². The second-order valence-electron chi connectivity index (χ2n) is 9.06. The predicted octanol–water partition coefficient (Wildman–Crippen LogP) is 4.59. The number of halogens is 3. The number of hydrogen-bond donors (Lipinski definition) is 1. The first-order valence-electron chi connectivity index (χ1n) is 10.1. The molecule has 4 heterocycles. The molecule has 0 aliphatic carbocycles. The van der Waals surface area contributed by atoms with Gasteiger partial charge in [0.1, 0.15) is 5.69 Å². The lowest BCUT2D eigenvalue weighted by Gasteiger charge is -2.31. The molecule has 0 spiro atoms. The lowest BCUT2D eigenvalue weighted by Crippen LogP contribution is -2.39. The second kappa shape index (κ2) is 7.35. The van der Waals surface area contributed by atoms with E-state index in [9.17, 15) is 18.0 Å². The molecule has 0 unspecified atom stereocenters. The molecule has 31 heavy (non-hydrogen) atoms. The molecule has 0 radical (unpaired) electrons. The molecule has 1 aliphatic rings. The molecule has 1 atom stereocenters. The van der Waals surface area contributed by atoms with Crippen molar-refractivity contribution in [2.75, 3.05) is 13.1 Å². The molecule has 1 aliphatic heterocycles. The molecule has 0 bridgehead atoms. The number of aromatic nitrogens is 4. The van der Waals surface area contributed by atoms with Gasteiger partial charge in [0.2, 0.25) is 0 Å². The number of pyridine rings is 1. The summed E-state index contributed by atoms with van der Waals surface area (Å²) in [6, 6.07) is 2.73. The van der Waals surface area contributed by atoms with Gasteiger partial charge in [-0.15, -0.1) is 0 Å². The predicted molar refractivity (Wildman–Crippen MR) is 107 cm³/mol. The van der Waals surface area contributed by atoms with Crippen LogP contribution in [0, 0.1) is 6.92 Å². The van der Waals surface area contributed by atoms with Crippen LogP contribution in [0.2, 0.25) is 0 Å². The van der Waals surface area contributed by atoms with E-state index in [0.29, 0.717) is 25.1 Å². The summed E-state index contributed by atoms with van der Waals surface area (Å²) in [4.78, 5) is 18.7. The minimum atomic E-state index is -4.56. The summed E-state index contributed by atoms with van der Waals surface area (Å²) in [6.07, 6.45) is -3.32. The van der Waals surface area contributed by atoms with Crippen LogP contribution in [0.4, 0.5) is 13.2 Å². The van der Waals surface area contributed by atoms with Crippen molar-refractivity contribution in [3.05, 3.63) is 40.5 Å². The molecular formula is C21H24F3N5O2. The summed E-state index contributed by atoms with van der Waals surface area (Å²) >= 11 is 0. The van der Waals surface area contributed by atoms with Gasteiger partial charge in [-0.3, -0.25) is 9.89 Å². The summed E-state index contributed by atoms with van der Waals surface area (Å²) in [5.41, 5.74) is 0.409. The Morgan fingerprint density at radius 3 is 2.65 bits per heavy atom. The SMILES string of the molecule is Cc1cc(C(F)(F)F)c2c([C@H]3CCCN(C(=O)c4cc(C(C)(C)C)[nH]n4)C3)noc2n1. The van der Waals surface area contributed by atoms with E-state index < -0.39 is 11.7 Å². The number of aromatic amines is 1. The lowest BCUT2D eigenvalue weighted by atomic mass is 9.91. The van der Waals surface area contributed by atoms with Crippen LogP contribution in [0.15, 0.2) is 16.7 Å². The highest BCUT2D eigenvalue weighted by Crippen LogP contribution is 2.40. The van der Waals surface area contributed by atoms with Gasteiger partial charge in [-0.2, -0.15) is 18.3 Å². The van der Waals surface area contributed by atoms with E-state index in [0.717, 1.165) is 11.8 Å². The Kier molecular flexibility index (Phi) is 5.06. The number of likely N-dealkylation sites (tertiary alicyclic amines) is 1. The van der Waals surface area contributed by atoms with E-state index in [-0.39, 0.29) is 46.3 Å². The van der Waals surface area contributed by atoms with Crippen LogP contribution in [0.5, 0.6) is 0 Å². The van der Waals surface area contributed by atoms with Gasteiger partial charge in [0, 0.05) is 35.8 Å². The van der Waals surface area contributed by atoms with Gasteiger partial charge in [0.25, 0.3) is 11.6 Å². The monoisotopic (exact) mass is 435 g/mol. The maximum absolute atomic E-state index is 13.7. The summed E-state index contributed by atoms with van der Waals surface area (Å²) in [6.45, 7) is 8.25. The molecule has 7 nitrogen and oxygen atoms in total. The first-order chi connectivity index (χ1) is 14.4. The normalized spacial score (nSPS) is 18.0.